The first kappa shape index (κ1) is 14.6. The van der Waals surface area contributed by atoms with Gasteiger partial charge < -0.3 is 20.7 Å². The second-order valence-corrected chi connectivity index (χ2v) is 5.21. The van der Waals surface area contributed by atoms with E-state index >= 15 is 0 Å². The number of nitrogens with two attached hydrogens (primary N) is 1. The first-order chi connectivity index (χ1) is 9.47. The maximum absolute atomic E-state index is 11.6. The van der Waals surface area contributed by atoms with Gasteiger partial charge in [0.15, 0.2) is 0 Å². The molecule has 1 aliphatic heterocycles. The van der Waals surface area contributed by atoms with Crippen molar-refractivity contribution in [2.75, 3.05) is 27.2 Å². The van der Waals surface area contributed by atoms with Crippen molar-refractivity contribution in [3.05, 3.63) is 23.3 Å². The minimum atomic E-state index is -0.625. The van der Waals surface area contributed by atoms with Crippen molar-refractivity contribution in [1.29, 1.82) is 0 Å². The molecule has 6 heteroatoms. The molecule has 1 heterocycles. The second-order valence-electron chi connectivity index (χ2n) is 5.21. The summed E-state index contributed by atoms with van der Waals surface area (Å²) in [5.74, 6) is -0.571. The lowest BCUT2D eigenvalue weighted by molar-refractivity contribution is 0.0597. The Morgan fingerprint density at radius 3 is 2.70 bits per heavy atom. The van der Waals surface area contributed by atoms with Crippen molar-refractivity contribution in [3.8, 4) is 11.5 Å². The van der Waals surface area contributed by atoms with E-state index in [1.807, 2.05) is 7.05 Å². The molecule has 1 saturated heterocycles. The Bertz CT molecular complexity index is 518. The Morgan fingerprint density at radius 2 is 2.15 bits per heavy atom. The highest BCUT2D eigenvalue weighted by atomic mass is 16.5. The van der Waals surface area contributed by atoms with Gasteiger partial charge in [0.2, 0.25) is 0 Å². The number of aromatic hydroxyl groups is 2. The van der Waals surface area contributed by atoms with Crippen LogP contribution in [0.3, 0.4) is 0 Å². The predicted molar refractivity (Wildman–Crippen MR) is 73.6 cm³/mol. The molecule has 0 aliphatic carbocycles. The number of methoxy groups -OCH3 is 1. The van der Waals surface area contributed by atoms with E-state index in [0.29, 0.717) is 18.0 Å². The molecular formula is C14H20N2O4. The number of hydrogen-bond acceptors (Lipinski definition) is 6. The number of carbonyl (C=O) groups is 1. The summed E-state index contributed by atoms with van der Waals surface area (Å²) in [6, 6.07) is 2.66. The van der Waals surface area contributed by atoms with Crippen LogP contribution in [0, 0.1) is 5.92 Å². The van der Waals surface area contributed by atoms with E-state index in [4.69, 9.17) is 5.73 Å². The van der Waals surface area contributed by atoms with Crippen LogP contribution < -0.4 is 5.73 Å². The van der Waals surface area contributed by atoms with Crippen LogP contribution in [0.2, 0.25) is 0 Å². The number of likely N-dealkylation sites (tertiary alicyclic amines) is 1. The first-order valence-corrected chi connectivity index (χ1v) is 6.52. The van der Waals surface area contributed by atoms with Gasteiger partial charge >= 0.3 is 5.97 Å². The monoisotopic (exact) mass is 280 g/mol. The minimum Gasteiger partial charge on any atom is -0.507 e. The van der Waals surface area contributed by atoms with Crippen LogP contribution in [0.4, 0.5) is 0 Å². The summed E-state index contributed by atoms with van der Waals surface area (Å²) in [5, 5.41) is 19.8. The fourth-order valence-electron chi connectivity index (χ4n) is 2.77. The molecule has 6 nitrogen and oxygen atoms in total. The third kappa shape index (κ3) is 2.57. The number of ether oxygens (including phenoxy) is 1. The normalized spacial score (nSPS) is 22.9. The summed E-state index contributed by atoms with van der Waals surface area (Å²) in [4.78, 5) is 13.7. The smallest absolute Gasteiger partial charge is 0.341 e. The number of carbonyl (C=O) groups excluding carboxylic acids is 1. The fourth-order valence-corrected chi connectivity index (χ4v) is 2.77. The Balaban J connectivity index is 2.39. The Morgan fingerprint density at radius 1 is 1.45 bits per heavy atom. The van der Waals surface area contributed by atoms with Crippen LogP contribution in [-0.4, -0.2) is 48.3 Å². The average Bonchev–Trinajstić information content (AvgIpc) is 2.79. The highest BCUT2D eigenvalue weighted by Crippen LogP contribution is 2.40. The van der Waals surface area contributed by atoms with Crippen molar-refractivity contribution < 1.29 is 19.7 Å². The molecule has 20 heavy (non-hydrogen) atoms. The predicted octanol–water partition coefficient (Wildman–Crippen LogP) is 0.836. The molecule has 1 aromatic rings. The van der Waals surface area contributed by atoms with Crippen LogP contribution in [-0.2, 0) is 4.74 Å². The number of benzene rings is 1. The van der Waals surface area contributed by atoms with E-state index in [-0.39, 0.29) is 23.1 Å². The Labute approximate surface area is 117 Å². The van der Waals surface area contributed by atoms with Crippen molar-refractivity contribution in [1.82, 2.24) is 4.90 Å². The van der Waals surface area contributed by atoms with E-state index in [1.165, 1.54) is 19.2 Å². The highest BCUT2D eigenvalue weighted by molar-refractivity contribution is 5.93. The van der Waals surface area contributed by atoms with Gasteiger partial charge in [0.25, 0.3) is 0 Å². The van der Waals surface area contributed by atoms with Crippen LogP contribution in [0.15, 0.2) is 12.1 Å². The molecule has 0 bridgehead atoms. The summed E-state index contributed by atoms with van der Waals surface area (Å²) < 4.78 is 4.63. The lowest BCUT2D eigenvalue weighted by atomic mass is 9.97. The largest absolute Gasteiger partial charge is 0.507 e. The Hall–Kier alpha value is -1.79. The third-order valence-electron chi connectivity index (χ3n) is 3.88. The fraction of sp³-hybridized carbons (Fsp3) is 0.500. The summed E-state index contributed by atoms with van der Waals surface area (Å²) in [7, 11) is 3.20. The molecule has 0 aromatic heterocycles. The molecule has 0 spiro atoms. The minimum absolute atomic E-state index is 0.0208. The maximum atomic E-state index is 11.6. The molecule has 1 fully saturated rings. The molecular weight excluding hydrogens is 260 g/mol. The SMILES string of the molecule is COC(=O)c1cc(C2CC(CN)CN2C)c(O)cc1O. The average molecular weight is 280 g/mol. The van der Waals surface area contributed by atoms with Gasteiger partial charge in [-0.15, -0.1) is 0 Å². The van der Waals surface area contributed by atoms with Gasteiger partial charge in [-0.1, -0.05) is 0 Å². The lowest BCUT2D eigenvalue weighted by Gasteiger charge is -2.21. The van der Waals surface area contributed by atoms with Gasteiger partial charge in [0.05, 0.1) is 7.11 Å². The van der Waals surface area contributed by atoms with E-state index in [2.05, 4.69) is 9.64 Å². The molecule has 0 amide bonds. The molecule has 0 radical (unpaired) electrons. The number of phenols is 2. The Kier molecular flexibility index (Phi) is 4.15. The first-order valence-electron chi connectivity index (χ1n) is 6.52. The van der Waals surface area contributed by atoms with Crippen LogP contribution in [0.5, 0.6) is 11.5 Å². The quantitative estimate of drug-likeness (QED) is 0.710. The van der Waals surface area contributed by atoms with E-state index in [0.717, 1.165) is 13.0 Å². The zero-order valence-corrected chi connectivity index (χ0v) is 11.7. The maximum Gasteiger partial charge on any atom is 0.341 e. The lowest BCUT2D eigenvalue weighted by Crippen LogP contribution is -2.20. The summed E-state index contributed by atoms with van der Waals surface area (Å²) in [6.45, 7) is 1.43. The van der Waals surface area contributed by atoms with E-state index in [9.17, 15) is 15.0 Å². The van der Waals surface area contributed by atoms with Crippen molar-refractivity contribution in [2.45, 2.75) is 12.5 Å². The number of hydrogen-bond donors (Lipinski definition) is 3. The second kappa shape index (κ2) is 5.68. The molecule has 2 rings (SSSR count). The van der Waals surface area contributed by atoms with E-state index in [1.54, 1.807) is 0 Å². The summed E-state index contributed by atoms with van der Waals surface area (Å²) in [5.41, 5.74) is 6.37. The van der Waals surface area contributed by atoms with Gasteiger partial charge in [-0.05, 0) is 32.0 Å². The van der Waals surface area contributed by atoms with E-state index < -0.39 is 5.97 Å². The molecule has 0 saturated carbocycles. The molecule has 1 aliphatic rings. The number of phenolic OH excluding ortho intramolecular Hbond substituents is 2. The molecule has 110 valence electrons. The van der Waals surface area contributed by atoms with Crippen molar-refractivity contribution in [3.63, 3.8) is 0 Å². The van der Waals surface area contributed by atoms with Crippen LogP contribution in [0.1, 0.15) is 28.4 Å². The third-order valence-corrected chi connectivity index (χ3v) is 3.88. The highest BCUT2D eigenvalue weighted by Gasteiger charge is 2.32. The van der Waals surface area contributed by atoms with Crippen LogP contribution >= 0.6 is 0 Å². The van der Waals surface area contributed by atoms with Crippen LogP contribution in [0.25, 0.3) is 0 Å². The summed E-state index contributed by atoms with van der Waals surface area (Å²) in [6.07, 6.45) is 0.811. The van der Waals surface area contributed by atoms with Gasteiger partial charge in [-0.25, -0.2) is 4.79 Å². The van der Waals surface area contributed by atoms with Crippen molar-refractivity contribution >= 4 is 5.97 Å². The van der Waals surface area contributed by atoms with Crippen molar-refractivity contribution in [2.24, 2.45) is 11.7 Å². The number of rotatable bonds is 3. The van der Waals surface area contributed by atoms with Gasteiger partial charge in [-0.2, -0.15) is 0 Å². The zero-order chi connectivity index (χ0) is 14.9. The van der Waals surface area contributed by atoms with Gasteiger partial charge in [0.1, 0.15) is 17.1 Å². The molecule has 1 aromatic carbocycles. The molecule has 4 N–H and O–H groups in total. The zero-order valence-electron chi connectivity index (χ0n) is 11.7. The number of nitrogens with zero attached hydrogens (tertiary/aromatic N) is 1. The number of esters is 1. The van der Waals surface area contributed by atoms with Gasteiger partial charge in [0, 0.05) is 24.2 Å². The van der Waals surface area contributed by atoms with Gasteiger partial charge in [-0.3, -0.25) is 4.90 Å². The molecule has 2 unspecified atom stereocenters. The molecule has 2 atom stereocenters. The summed E-state index contributed by atoms with van der Waals surface area (Å²) >= 11 is 0. The topological polar surface area (TPSA) is 96.0 Å². The standard InChI is InChI=1S/C14H20N2O4/c1-16-7-8(6-15)3-11(16)9-4-10(14(19)20-2)13(18)5-12(9)17/h4-5,8,11,17-18H,3,6-7,15H2,1-2H3.